The van der Waals surface area contributed by atoms with Crippen molar-refractivity contribution in [2.75, 3.05) is 34.0 Å². The number of carbonyl (C=O) groups is 1. The average Bonchev–Trinajstić information content (AvgIpc) is 2.76. The molecule has 7 nitrogen and oxygen atoms in total. The third kappa shape index (κ3) is 4.37. The minimum atomic E-state index is -0.104. The fraction of sp³-hybridized carbons (Fsp3) is 0.667. The van der Waals surface area contributed by atoms with Gasteiger partial charge in [-0.15, -0.1) is 0 Å². The molecule has 0 unspecified atom stereocenters. The maximum Gasteiger partial charge on any atom is 0.248 e. The van der Waals surface area contributed by atoms with Crippen molar-refractivity contribution in [2.24, 2.45) is 0 Å². The molecule has 1 amide bonds. The van der Waals surface area contributed by atoms with Crippen molar-refractivity contribution in [3.8, 4) is 0 Å². The smallest absolute Gasteiger partial charge is 0.248 e. The van der Waals surface area contributed by atoms with E-state index in [0.717, 1.165) is 0 Å². The molecule has 0 radical (unpaired) electrons. The zero-order chi connectivity index (χ0) is 11.8. The highest BCUT2D eigenvalue weighted by atomic mass is 16.5. The molecule has 0 fully saturated rings. The van der Waals surface area contributed by atoms with Gasteiger partial charge in [-0.3, -0.25) is 9.89 Å². The Bertz CT molecular complexity index is 302. The first-order valence-corrected chi connectivity index (χ1v) is 4.89. The first-order chi connectivity index (χ1) is 7.74. The fourth-order valence-electron chi connectivity index (χ4n) is 1.03. The minimum Gasteiger partial charge on any atom is -0.382 e. The second-order valence-electron chi connectivity index (χ2n) is 3.23. The van der Waals surface area contributed by atoms with Crippen molar-refractivity contribution in [3.63, 3.8) is 0 Å². The van der Waals surface area contributed by atoms with Crippen molar-refractivity contribution >= 4 is 5.91 Å². The van der Waals surface area contributed by atoms with Crippen LogP contribution in [0.2, 0.25) is 0 Å². The van der Waals surface area contributed by atoms with Crippen LogP contribution in [0.5, 0.6) is 0 Å². The van der Waals surface area contributed by atoms with E-state index in [9.17, 15) is 4.79 Å². The molecule has 16 heavy (non-hydrogen) atoms. The fourth-order valence-corrected chi connectivity index (χ4v) is 1.03. The van der Waals surface area contributed by atoms with Gasteiger partial charge in [-0.1, -0.05) is 0 Å². The van der Waals surface area contributed by atoms with Gasteiger partial charge in [0.25, 0.3) is 0 Å². The molecular formula is C9H16N4O3. The van der Waals surface area contributed by atoms with Crippen molar-refractivity contribution in [1.29, 1.82) is 0 Å². The van der Waals surface area contributed by atoms with Crippen molar-refractivity contribution < 1.29 is 14.3 Å². The monoisotopic (exact) mass is 228 g/mol. The molecule has 1 aromatic heterocycles. The van der Waals surface area contributed by atoms with Crippen LogP contribution >= 0.6 is 0 Å². The van der Waals surface area contributed by atoms with Crippen LogP contribution in [0.1, 0.15) is 5.82 Å². The summed E-state index contributed by atoms with van der Waals surface area (Å²) in [4.78, 5) is 17.0. The zero-order valence-electron chi connectivity index (χ0n) is 9.47. The molecule has 0 saturated carbocycles. The van der Waals surface area contributed by atoms with Crippen LogP contribution in [0.3, 0.4) is 0 Å². The van der Waals surface area contributed by atoms with E-state index in [2.05, 4.69) is 15.2 Å². The molecule has 0 aromatic carbocycles. The molecule has 1 rings (SSSR count). The maximum absolute atomic E-state index is 11.5. The normalized spacial score (nSPS) is 10.4. The van der Waals surface area contributed by atoms with Gasteiger partial charge >= 0.3 is 0 Å². The van der Waals surface area contributed by atoms with Gasteiger partial charge in [-0.25, -0.2) is 4.98 Å². The van der Waals surface area contributed by atoms with Gasteiger partial charge in [0.1, 0.15) is 18.8 Å². The lowest BCUT2D eigenvalue weighted by atomic mass is 10.5. The number of hydrogen-bond donors (Lipinski definition) is 1. The molecule has 0 bridgehead atoms. The quantitative estimate of drug-likeness (QED) is 0.632. The highest BCUT2D eigenvalue weighted by molar-refractivity contribution is 5.77. The number of ether oxygens (including phenoxy) is 2. The number of aromatic nitrogens is 3. The average molecular weight is 228 g/mol. The summed E-state index contributed by atoms with van der Waals surface area (Å²) in [5.41, 5.74) is 0. The third-order valence-electron chi connectivity index (χ3n) is 1.93. The van der Waals surface area contributed by atoms with Gasteiger partial charge in [-0.2, -0.15) is 5.10 Å². The van der Waals surface area contributed by atoms with Crippen molar-refractivity contribution in [2.45, 2.75) is 6.54 Å². The number of aromatic amines is 1. The minimum absolute atomic E-state index is 0.0496. The molecule has 1 N–H and O–H groups in total. The van der Waals surface area contributed by atoms with E-state index in [0.29, 0.717) is 25.6 Å². The summed E-state index contributed by atoms with van der Waals surface area (Å²) in [7, 11) is 3.27. The van der Waals surface area contributed by atoms with E-state index in [1.165, 1.54) is 11.2 Å². The Balaban J connectivity index is 2.20. The number of H-pyrrole nitrogens is 1. The van der Waals surface area contributed by atoms with E-state index >= 15 is 0 Å². The Morgan fingerprint density at radius 1 is 1.56 bits per heavy atom. The standard InChI is InChI=1S/C9H16N4O3/c1-13(5-8-10-7-11-12-8)9(14)6-16-4-3-15-2/h7H,3-6H2,1-2H3,(H,10,11,12). The van der Waals surface area contributed by atoms with E-state index in [1.54, 1.807) is 14.2 Å². The summed E-state index contributed by atoms with van der Waals surface area (Å²) in [5.74, 6) is 0.542. The molecule has 0 aliphatic heterocycles. The van der Waals surface area contributed by atoms with Crippen molar-refractivity contribution in [1.82, 2.24) is 20.1 Å². The Hall–Kier alpha value is -1.47. The molecule has 0 spiro atoms. The predicted octanol–water partition coefficient (Wildman–Crippen LogP) is -0.574. The Morgan fingerprint density at radius 2 is 2.38 bits per heavy atom. The summed E-state index contributed by atoms with van der Waals surface area (Å²) in [5, 5.41) is 6.38. The topological polar surface area (TPSA) is 80.3 Å². The van der Waals surface area contributed by atoms with Crippen LogP contribution in [-0.4, -0.2) is 60.0 Å². The molecular weight excluding hydrogens is 212 g/mol. The van der Waals surface area contributed by atoms with Gasteiger partial charge in [0, 0.05) is 14.2 Å². The summed E-state index contributed by atoms with van der Waals surface area (Å²) < 4.78 is 9.91. The summed E-state index contributed by atoms with van der Waals surface area (Å²) >= 11 is 0. The van der Waals surface area contributed by atoms with E-state index in [-0.39, 0.29) is 12.5 Å². The van der Waals surface area contributed by atoms with Crippen molar-refractivity contribution in [3.05, 3.63) is 12.2 Å². The van der Waals surface area contributed by atoms with Gasteiger partial charge in [0.2, 0.25) is 5.91 Å². The molecule has 90 valence electrons. The second-order valence-corrected chi connectivity index (χ2v) is 3.23. The Kier molecular flexibility index (Phi) is 5.44. The lowest BCUT2D eigenvalue weighted by Gasteiger charge is -2.15. The van der Waals surface area contributed by atoms with E-state index < -0.39 is 0 Å². The Morgan fingerprint density at radius 3 is 3.00 bits per heavy atom. The lowest BCUT2D eigenvalue weighted by molar-refractivity contribution is -0.135. The summed E-state index contributed by atoms with van der Waals surface area (Å²) in [6, 6.07) is 0. The molecule has 7 heteroatoms. The second kappa shape index (κ2) is 6.91. The SMILES string of the molecule is COCCOCC(=O)N(C)Cc1ncn[nH]1. The molecule has 0 saturated heterocycles. The van der Waals surface area contributed by atoms with Crippen LogP contribution in [0.15, 0.2) is 6.33 Å². The van der Waals surface area contributed by atoms with Crippen LogP contribution in [-0.2, 0) is 20.8 Å². The molecule has 1 aromatic rings. The number of hydrogen-bond acceptors (Lipinski definition) is 5. The first kappa shape index (κ1) is 12.6. The number of methoxy groups -OCH3 is 1. The van der Waals surface area contributed by atoms with Crippen LogP contribution < -0.4 is 0 Å². The number of rotatable bonds is 7. The predicted molar refractivity (Wildman–Crippen MR) is 55.6 cm³/mol. The molecule has 0 aliphatic carbocycles. The zero-order valence-corrected chi connectivity index (χ0v) is 9.47. The van der Waals surface area contributed by atoms with Gasteiger partial charge in [-0.05, 0) is 0 Å². The number of carbonyl (C=O) groups excluding carboxylic acids is 1. The third-order valence-corrected chi connectivity index (χ3v) is 1.93. The maximum atomic E-state index is 11.5. The largest absolute Gasteiger partial charge is 0.382 e. The number of nitrogens with zero attached hydrogens (tertiary/aromatic N) is 3. The molecule has 0 aliphatic rings. The van der Waals surface area contributed by atoms with Crippen LogP contribution in [0, 0.1) is 0 Å². The van der Waals surface area contributed by atoms with Gasteiger partial charge < -0.3 is 14.4 Å². The Labute approximate surface area is 93.8 Å². The number of amides is 1. The first-order valence-electron chi connectivity index (χ1n) is 4.89. The van der Waals surface area contributed by atoms with Gasteiger partial charge in [0.15, 0.2) is 0 Å². The summed E-state index contributed by atoms with van der Waals surface area (Å²) in [6.07, 6.45) is 1.41. The lowest BCUT2D eigenvalue weighted by Crippen LogP contribution is -2.30. The van der Waals surface area contributed by atoms with E-state index in [1.807, 2.05) is 0 Å². The summed E-state index contributed by atoms with van der Waals surface area (Å²) in [6.45, 7) is 1.35. The van der Waals surface area contributed by atoms with Crippen LogP contribution in [0.4, 0.5) is 0 Å². The van der Waals surface area contributed by atoms with Gasteiger partial charge in [0.05, 0.1) is 19.8 Å². The number of likely N-dealkylation sites (N-methyl/N-ethyl adjacent to an activating group) is 1. The highest BCUT2D eigenvalue weighted by Crippen LogP contribution is 1.95. The number of nitrogens with one attached hydrogen (secondary N) is 1. The molecule has 0 atom stereocenters. The molecule has 1 heterocycles. The van der Waals surface area contributed by atoms with Crippen LogP contribution in [0.25, 0.3) is 0 Å². The highest BCUT2D eigenvalue weighted by Gasteiger charge is 2.10. The van der Waals surface area contributed by atoms with E-state index in [4.69, 9.17) is 9.47 Å².